The maximum atomic E-state index is 13.3. The molecule has 192 valence electrons. The Kier molecular flexibility index (Phi) is 8.69. The van der Waals surface area contributed by atoms with Crippen molar-refractivity contribution in [3.8, 4) is 0 Å². The Morgan fingerprint density at radius 3 is 2.38 bits per heavy atom. The number of sulfonamides is 1. The summed E-state index contributed by atoms with van der Waals surface area (Å²) in [5.41, 5.74) is 0. The van der Waals surface area contributed by atoms with Gasteiger partial charge in [-0.15, -0.1) is 11.3 Å². The van der Waals surface area contributed by atoms with Crippen molar-refractivity contribution >= 4 is 27.3 Å². The van der Waals surface area contributed by atoms with E-state index in [1.165, 1.54) is 24.2 Å². The largest absolute Gasteiger partial charge is 0.370 e. The number of carbonyl (C=O) groups is 1. The highest BCUT2D eigenvalue weighted by atomic mass is 32.2. The third-order valence-electron chi connectivity index (χ3n) is 7.56. The molecule has 0 aromatic carbocycles. The summed E-state index contributed by atoms with van der Waals surface area (Å²) in [4.78, 5) is 21.8. The molecule has 0 bridgehead atoms. The van der Waals surface area contributed by atoms with Gasteiger partial charge in [-0.1, -0.05) is 6.42 Å². The molecule has 4 heterocycles. The minimum atomic E-state index is -3.55. The van der Waals surface area contributed by atoms with E-state index in [2.05, 4.69) is 16.8 Å². The predicted octanol–water partition coefficient (Wildman–Crippen LogP) is 2.16. The SMILES string of the molecule is Cc1cc(S(=O)(=O)N2CCCCC2COCC(=O)N2CCN(C3CCN(C)CC3)CC2)c(C)s1. The first-order chi connectivity index (χ1) is 16.3. The molecule has 0 N–H and O–H groups in total. The van der Waals surface area contributed by atoms with Gasteiger partial charge in [0.15, 0.2) is 0 Å². The predicted molar refractivity (Wildman–Crippen MR) is 135 cm³/mol. The van der Waals surface area contributed by atoms with Gasteiger partial charge in [0.1, 0.15) is 6.61 Å². The Bertz CT molecular complexity index is 935. The van der Waals surface area contributed by atoms with Crippen LogP contribution in [0.15, 0.2) is 11.0 Å². The molecule has 0 spiro atoms. The van der Waals surface area contributed by atoms with Crippen molar-refractivity contribution in [1.29, 1.82) is 0 Å². The molecule has 0 radical (unpaired) electrons. The minimum absolute atomic E-state index is 0.0116. The fourth-order valence-corrected chi connectivity index (χ4v) is 8.72. The molecule has 0 aliphatic carbocycles. The standard InChI is InChI=1S/C24H40N4O4S2/c1-19-16-23(20(2)33-19)34(30,31)28-9-5-4-6-22(28)17-32-18-24(29)27-14-12-26(13-15-27)21-7-10-25(3)11-8-21/h16,21-22H,4-15,17-18H2,1-3H3. The van der Waals surface area contributed by atoms with Crippen LogP contribution in [-0.2, 0) is 19.6 Å². The highest BCUT2D eigenvalue weighted by Gasteiger charge is 2.35. The van der Waals surface area contributed by atoms with Crippen molar-refractivity contribution in [3.05, 3.63) is 15.8 Å². The molecule has 0 saturated carbocycles. The lowest BCUT2D eigenvalue weighted by atomic mass is 10.0. The lowest BCUT2D eigenvalue weighted by molar-refractivity contribution is -0.138. The van der Waals surface area contributed by atoms with Crippen molar-refractivity contribution in [2.24, 2.45) is 0 Å². The van der Waals surface area contributed by atoms with Crippen LogP contribution >= 0.6 is 11.3 Å². The number of aryl methyl sites for hydroxylation is 2. The number of carbonyl (C=O) groups excluding carboxylic acids is 1. The van der Waals surface area contributed by atoms with Crippen molar-refractivity contribution in [2.75, 3.05) is 66.1 Å². The van der Waals surface area contributed by atoms with E-state index < -0.39 is 10.0 Å². The molecule has 4 rings (SSSR count). The maximum Gasteiger partial charge on any atom is 0.248 e. The Morgan fingerprint density at radius 1 is 1.03 bits per heavy atom. The molecular weight excluding hydrogens is 472 g/mol. The Morgan fingerprint density at radius 2 is 1.74 bits per heavy atom. The molecule has 1 unspecified atom stereocenters. The molecule has 1 aromatic rings. The van der Waals surface area contributed by atoms with Gasteiger partial charge in [-0.3, -0.25) is 9.69 Å². The highest BCUT2D eigenvalue weighted by Crippen LogP contribution is 2.31. The van der Waals surface area contributed by atoms with E-state index in [1.54, 1.807) is 10.4 Å². The van der Waals surface area contributed by atoms with Crippen molar-refractivity contribution in [3.63, 3.8) is 0 Å². The van der Waals surface area contributed by atoms with E-state index in [-0.39, 0.29) is 25.2 Å². The molecule has 1 aromatic heterocycles. The van der Waals surface area contributed by atoms with Gasteiger partial charge in [0.25, 0.3) is 0 Å². The number of amides is 1. The van der Waals surface area contributed by atoms with Gasteiger partial charge < -0.3 is 14.5 Å². The minimum Gasteiger partial charge on any atom is -0.370 e. The Labute approximate surface area is 208 Å². The average molecular weight is 513 g/mol. The summed E-state index contributed by atoms with van der Waals surface area (Å²) in [6.45, 7) is 10.2. The average Bonchev–Trinajstić information content (AvgIpc) is 3.18. The van der Waals surface area contributed by atoms with Crippen LogP contribution in [0.25, 0.3) is 0 Å². The summed E-state index contributed by atoms with van der Waals surface area (Å²) < 4.78 is 34.1. The summed E-state index contributed by atoms with van der Waals surface area (Å²) in [7, 11) is -1.37. The molecular formula is C24H40N4O4S2. The van der Waals surface area contributed by atoms with Crippen molar-refractivity contribution < 1.29 is 17.9 Å². The zero-order valence-electron chi connectivity index (χ0n) is 20.9. The van der Waals surface area contributed by atoms with Gasteiger partial charge in [-0.05, 0) is 65.7 Å². The number of rotatable bonds is 7. The number of nitrogens with zero attached hydrogens (tertiary/aromatic N) is 4. The van der Waals surface area contributed by atoms with E-state index in [4.69, 9.17) is 4.74 Å². The van der Waals surface area contributed by atoms with Gasteiger partial charge >= 0.3 is 0 Å². The summed E-state index contributed by atoms with van der Waals surface area (Å²) in [6, 6.07) is 2.20. The monoisotopic (exact) mass is 512 g/mol. The normalized spacial score (nSPS) is 24.6. The fraction of sp³-hybridized carbons (Fsp3) is 0.792. The van der Waals surface area contributed by atoms with Crippen LogP contribution in [0.2, 0.25) is 0 Å². The van der Waals surface area contributed by atoms with Crippen LogP contribution in [-0.4, -0.2) is 111 Å². The Hall–Kier alpha value is -1.04. The summed E-state index contributed by atoms with van der Waals surface area (Å²) in [5.74, 6) is 0.0116. The van der Waals surface area contributed by atoms with E-state index in [0.29, 0.717) is 17.5 Å². The number of piperazine rings is 1. The number of hydrogen-bond acceptors (Lipinski definition) is 7. The molecule has 10 heteroatoms. The number of likely N-dealkylation sites (tertiary alicyclic amines) is 1. The van der Waals surface area contributed by atoms with Gasteiger partial charge in [0.2, 0.25) is 15.9 Å². The third-order valence-corrected chi connectivity index (χ3v) is 10.7. The first-order valence-corrected chi connectivity index (χ1v) is 14.9. The zero-order valence-corrected chi connectivity index (χ0v) is 22.5. The smallest absolute Gasteiger partial charge is 0.248 e. The van der Waals surface area contributed by atoms with E-state index >= 15 is 0 Å². The quantitative estimate of drug-likeness (QED) is 0.558. The van der Waals surface area contributed by atoms with Gasteiger partial charge in [-0.2, -0.15) is 4.31 Å². The number of piperidine rings is 2. The van der Waals surface area contributed by atoms with Crippen LogP contribution in [0.3, 0.4) is 0 Å². The lowest BCUT2D eigenvalue weighted by Crippen LogP contribution is -2.54. The van der Waals surface area contributed by atoms with Crippen LogP contribution in [0, 0.1) is 13.8 Å². The van der Waals surface area contributed by atoms with E-state index in [9.17, 15) is 13.2 Å². The third kappa shape index (κ3) is 6.02. The highest BCUT2D eigenvalue weighted by molar-refractivity contribution is 7.89. The molecule has 3 saturated heterocycles. The van der Waals surface area contributed by atoms with Gasteiger partial charge in [-0.25, -0.2) is 8.42 Å². The Balaban J connectivity index is 1.25. The van der Waals surface area contributed by atoms with Crippen LogP contribution in [0.1, 0.15) is 41.9 Å². The van der Waals surface area contributed by atoms with E-state index in [1.807, 2.05) is 18.7 Å². The molecule has 1 atom stereocenters. The molecule has 34 heavy (non-hydrogen) atoms. The number of thiophene rings is 1. The molecule has 8 nitrogen and oxygen atoms in total. The van der Waals surface area contributed by atoms with Gasteiger partial charge in [0.05, 0.1) is 11.5 Å². The van der Waals surface area contributed by atoms with Gasteiger partial charge in [0, 0.05) is 54.6 Å². The number of ether oxygens (including phenoxy) is 1. The summed E-state index contributed by atoms with van der Waals surface area (Å²) in [5, 5.41) is 0. The maximum absolute atomic E-state index is 13.3. The second kappa shape index (κ2) is 11.3. The second-order valence-electron chi connectivity index (χ2n) is 10.0. The van der Waals surface area contributed by atoms with E-state index in [0.717, 1.165) is 68.3 Å². The van der Waals surface area contributed by atoms with Crippen LogP contribution in [0.4, 0.5) is 0 Å². The molecule has 3 fully saturated rings. The summed E-state index contributed by atoms with van der Waals surface area (Å²) >= 11 is 1.52. The number of hydrogen-bond donors (Lipinski definition) is 0. The van der Waals surface area contributed by atoms with Crippen molar-refractivity contribution in [1.82, 2.24) is 19.0 Å². The zero-order chi connectivity index (χ0) is 24.3. The topological polar surface area (TPSA) is 73.4 Å². The fourth-order valence-electron chi connectivity index (χ4n) is 5.52. The first-order valence-electron chi connectivity index (χ1n) is 12.6. The second-order valence-corrected chi connectivity index (χ2v) is 13.3. The first kappa shape index (κ1) is 26.0. The molecule has 3 aliphatic rings. The van der Waals surface area contributed by atoms with Crippen LogP contribution < -0.4 is 0 Å². The van der Waals surface area contributed by atoms with Crippen molar-refractivity contribution in [2.45, 2.75) is 62.9 Å². The molecule has 1 amide bonds. The lowest BCUT2D eigenvalue weighted by Gasteiger charge is -2.42. The summed E-state index contributed by atoms with van der Waals surface area (Å²) in [6.07, 6.45) is 5.02. The molecule has 3 aliphatic heterocycles. The van der Waals surface area contributed by atoms with Crippen LogP contribution in [0.5, 0.6) is 0 Å².